The molecule has 0 heterocycles. The third-order valence-electron chi connectivity index (χ3n) is 4.66. The van der Waals surface area contributed by atoms with Crippen LogP contribution in [-0.2, 0) is 0 Å². The van der Waals surface area contributed by atoms with Gasteiger partial charge in [0.05, 0.1) is 10.6 Å². The molecule has 1 amide bonds. The Labute approximate surface area is 208 Å². The number of amides is 1. The number of rotatable bonds is 7. The summed E-state index contributed by atoms with van der Waals surface area (Å²) < 4.78 is 53.4. The molecule has 3 atom stereocenters. The number of benzene rings is 2. The van der Waals surface area contributed by atoms with Crippen LogP contribution in [-0.4, -0.2) is 36.8 Å². The van der Waals surface area contributed by atoms with Crippen molar-refractivity contribution in [1.82, 2.24) is 10.6 Å². The van der Waals surface area contributed by atoms with Gasteiger partial charge in [0.1, 0.15) is 18.0 Å². The predicted molar refractivity (Wildman–Crippen MR) is 127 cm³/mol. The van der Waals surface area contributed by atoms with Gasteiger partial charge in [-0.2, -0.15) is 13.2 Å². The number of nitrogens with one attached hydrogen (secondary N) is 3. The molecule has 186 valence electrons. The minimum Gasteiger partial charge on any atom is -0.326 e. The molecule has 0 aliphatic heterocycles. The van der Waals surface area contributed by atoms with E-state index in [9.17, 15) is 22.4 Å². The first kappa shape index (κ1) is 28.1. The summed E-state index contributed by atoms with van der Waals surface area (Å²) in [5.41, 5.74) is 5.50. The summed E-state index contributed by atoms with van der Waals surface area (Å²) in [6, 6.07) is 5.41. The van der Waals surface area contributed by atoms with Gasteiger partial charge in [-0.05, 0) is 42.9 Å². The molecule has 0 aromatic heterocycles. The number of halogens is 7. The van der Waals surface area contributed by atoms with E-state index >= 15 is 0 Å². The fourth-order valence-corrected chi connectivity index (χ4v) is 3.61. The number of hydrogen-bond acceptors (Lipinski definition) is 4. The van der Waals surface area contributed by atoms with Crippen LogP contribution in [0.2, 0.25) is 15.1 Å². The second kappa shape index (κ2) is 12.0. The summed E-state index contributed by atoms with van der Waals surface area (Å²) >= 11 is 17.8. The Morgan fingerprint density at radius 2 is 1.79 bits per heavy atom. The third-order valence-corrected chi connectivity index (χ3v) is 5.42. The van der Waals surface area contributed by atoms with Crippen LogP contribution in [0.15, 0.2) is 41.4 Å². The number of guanidine groups is 1. The molecule has 0 saturated heterocycles. The molecule has 0 bridgehead atoms. The molecule has 0 aliphatic rings. The molecule has 0 spiro atoms. The second-order valence-corrected chi connectivity index (χ2v) is 8.55. The zero-order chi connectivity index (χ0) is 25.6. The number of nitrogens with two attached hydrogens (primary N) is 1. The molecule has 13 heteroatoms. The maximum Gasteiger partial charge on any atom is 0.404 e. The molecule has 2 aromatic carbocycles. The predicted octanol–water partition coefficient (Wildman–Crippen LogP) is 5.45. The first-order valence-electron chi connectivity index (χ1n) is 9.94. The third kappa shape index (κ3) is 7.99. The van der Waals surface area contributed by atoms with Crippen molar-refractivity contribution < 1.29 is 22.4 Å². The highest BCUT2D eigenvalue weighted by atomic mass is 35.5. The van der Waals surface area contributed by atoms with E-state index in [1.165, 1.54) is 31.2 Å². The highest BCUT2D eigenvalue weighted by Gasteiger charge is 2.43. The van der Waals surface area contributed by atoms with Gasteiger partial charge in [-0.3, -0.25) is 15.4 Å². The highest BCUT2D eigenvalue weighted by molar-refractivity contribution is 6.37. The van der Waals surface area contributed by atoms with Gasteiger partial charge in [-0.1, -0.05) is 48.7 Å². The number of alkyl halides is 3. The molecule has 0 saturated carbocycles. The van der Waals surface area contributed by atoms with Gasteiger partial charge in [0.25, 0.3) is 5.91 Å². The van der Waals surface area contributed by atoms with Crippen LogP contribution in [0.1, 0.15) is 24.2 Å². The number of nitrogens with zero attached hydrogens (tertiary/aromatic N) is 1. The Morgan fingerprint density at radius 1 is 1.12 bits per heavy atom. The average molecular weight is 543 g/mol. The Balaban J connectivity index is 2.46. The average Bonchev–Trinajstić information content (AvgIpc) is 2.70. The van der Waals surface area contributed by atoms with E-state index in [0.717, 1.165) is 12.1 Å². The molecule has 0 aliphatic carbocycles. The van der Waals surface area contributed by atoms with Crippen LogP contribution >= 0.6 is 34.8 Å². The lowest BCUT2D eigenvalue weighted by Crippen LogP contribution is -2.51. The van der Waals surface area contributed by atoms with Crippen molar-refractivity contribution in [2.24, 2.45) is 16.6 Å². The maximum atomic E-state index is 13.8. The van der Waals surface area contributed by atoms with Gasteiger partial charge < -0.3 is 11.1 Å². The van der Waals surface area contributed by atoms with E-state index in [0.29, 0.717) is 5.02 Å². The fourth-order valence-electron chi connectivity index (χ4n) is 2.90. The topological polar surface area (TPSA) is 91.5 Å². The molecule has 5 N–H and O–H groups in total. The van der Waals surface area contributed by atoms with Crippen LogP contribution in [0.4, 0.5) is 23.2 Å². The molecular formula is C21H22Cl3F4N5O. The Bertz CT molecular complexity index is 1030. The summed E-state index contributed by atoms with van der Waals surface area (Å²) in [4.78, 5) is 17.0. The minimum atomic E-state index is -4.67. The van der Waals surface area contributed by atoms with Gasteiger partial charge in [-0.25, -0.2) is 9.38 Å². The normalized spacial score (nSPS) is 14.9. The Morgan fingerprint density at radius 3 is 2.35 bits per heavy atom. The van der Waals surface area contributed by atoms with Gasteiger partial charge in [0, 0.05) is 21.7 Å². The number of carbonyl (C=O) groups is 1. The summed E-state index contributed by atoms with van der Waals surface area (Å²) in [6.45, 7) is 3.18. The second-order valence-electron chi connectivity index (χ2n) is 7.27. The lowest BCUT2D eigenvalue weighted by molar-refractivity contribution is -0.159. The summed E-state index contributed by atoms with van der Waals surface area (Å²) in [5.74, 6) is -2.94. The Kier molecular flexibility index (Phi) is 9.96. The molecule has 6 nitrogen and oxygen atoms in total. The molecule has 2 rings (SSSR count). The maximum absolute atomic E-state index is 13.8. The largest absolute Gasteiger partial charge is 0.404 e. The van der Waals surface area contributed by atoms with Crippen LogP contribution in [0.25, 0.3) is 0 Å². The van der Waals surface area contributed by atoms with E-state index in [-0.39, 0.29) is 33.8 Å². The number of hydrogen-bond donors (Lipinski definition) is 4. The van der Waals surface area contributed by atoms with Crippen molar-refractivity contribution in [3.63, 3.8) is 0 Å². The zero-order valence-electron chi connectivity index (χ0n) is 18.0. The van der Waals surface area contributed by atoms with E-state index in [4.69, 9.17) is 40.5 Å². The monoisotopic (exact) mass is 541 g/mol. The summed E-state index contributed by atoms with van der Waals surface area (Å²) in [7, 11) is 0. The Hall–Kier alpha value is -2.11. The molecule has 3 unspecified atom stereocenters. The lowest BCUT2D eigenvalue weighted by Gasteiger charge is -2.28. The number of carbonyl (C=O) groups excluding carboxylic acids is 1. The SMILES string of the molecule is CCNC(N=C(NC(=O)c1ccc(Cl)cc1Cl)Nc1cc(F)cc(Cl)c1)C(C)C(N)C(F)(F)F. The van der Waals surface area contributed by atoms with Crippen molar-refractivity contribution in [2.75, 3.05) is 11.9 Å². The van der Waals surface area contributed by atoms with Crippen molar-refractivity contribution >= 4 is 52.4 Å². The van der Waals surface area contributed by atoms with E-state index < -0.39 is 36.0 Å². The van der Waals surface area contributed by atoms with Crippen molar-refractivity contribution in [2.45, 2.75) is 32.2 Å². The first-order chi connectivity index (χ1) is 15.8. The summed E-state index contributed by atoms with van der Waals surface area (Å²) in [5, 5.41) is 8.31. The van der Waals surface area contributed by atoms with Crippen LogP contribution in [0.5, 0.6) is 0 Å². The minimum absolute atomic E-state index is 0.0258. The molecule has 0 fully saturated rings. The molecule has 34 heavy (non-hydrogen) atoms. The van der Waals surface area contributed by atoms with Crippen molar-refractivity contribution in [3.8, 4) is 0 Å². The molecule has 0 radical (unpaired) electrons. The molecular weight excluding hydrogens is 521 g/mol. The van der Waals surface area contributed by atoms with Gasteiger partial charge in [-0.15, -0.1) is 0 Å². The zero-order valence-corrected chi connectivity index (χ0v) is 20.2. The van der Waals surface area contributed by atoms with E-state index in [2.05, 4.69) is 20.9 Å². The van der Waals surface area contributed by atoms with Gasteiger partial charge in [0.2, 0.25) is 5.96 Å². The smallest absolute Gasteiger partial charge is 0.326 e. The number of anilines is 1. The van der Waals surface area contributed by atoms with Crippen molar-refractivity contribution in [3.05, 3.63) is 62.8 Å². The van der Waals surface area contributed by atoms with E-state index in [1.807, 2.05) is 0 Å². The van der Waals surface area contributed by atoms with Gasteiger partial charge >= 0.3 is 6.18 Å². The quantitative estimate of drug-likeness (QED) is 0.213. The lowest BCUT2D eigenvalue weighted by atomic mass is 9.99. The van der Waals surface area contributed by atoms with Crippen molar-refractivity contribution in [1.29, 1.82) is 0 Å². The summed E-state index contributed by atoms with van der Waals surface area (Å²) in [6.07, 6.45) is -5.85. The fraction of sp³-hybridized carbons (Fsp3) is 0.333. The number of aliphatic imine (C=N–C) groups is 1. The highest BCUT2D eigenvalue weighted by Crippen LogP contribution is 2.26. The van der Waals surface area contributed by atoms with E-state index in [1.54, 1.807) is 6.92 Å². The first-order valence-corrected chi connectivity index (χ1v) is 11.1. The van der Waals surface area contributed by atoms with Crippen LogP contribution < -0.4 is 21.7 Å². The molecule has 2 aromatic rings. The standard InChI is InChI=1S/C21H22Cl3F4N5O/c1-3-30-18(10(2)17(29)21(26,27)28)32-20(31-14-7-12(23)6-13(25)9-14)33-19(34)15-5-4-11(22)8-16(15)24/h4-10,17-18,30H,3,29H2,1-2H3,(H2,31,32,33,34). The van der Waals surface area contributed by atoms with Crippen LogP contribution in [0.3, 0.4) is 0 Å². The van der Waals surface area contributed by atoms with Gasteiger partial charge in [0.15, 0.2) is 0 Å². The van der Waals surface area contributed by atoms with Crippen LogP contribution in [0, 0.1) is 11.7 Å².